The lowest BCUT2D eigenvalue weighted by Crippen LogP contribution is -2.35. The first kappa shape index (κ1) is 16.9. The van der Waals surface area contributed by atoms with Crippen LogP contribution in [0.25, 0.3) is 0 Å². The fourth-order valence-electron chi connectivity index (χ4n) is 4.38. The molecule has 2 aromatic rings. The van der Waals surface area contributed by atoms with Gasteiger partial charge in [0.2, 0.25) is 0 Å². The van der Waals surface area contributed by atoms with Crippen LogP contribution in [0.2, 0.25) is 0 Å². The maximum absolute atomic E-state index is 12.6. The van der Waals surface area contributed by atoms with Gasteiger partial charge in [-0.15, -0.1) is 0 Å². The number of benzene rings is 2. The van der Waals surface area contributed by atoms with Crippen molar-refractivity contribution in [2.24, 2.45) is 11.8 Å². The lowest BCUT2D eigenvalue weighted by atomic mass is 9.90. The van der Waals surface area contributed by atoms with E-state index in [0.717, 1.165) is 17.0 Å². The molecule has 1 heterocycles. The van der Waals surface area contributed by atoms with Crippen LogP contribution in [0.4, 0.5) is 10.5 Å². The third-order valence-electron chi connectivity index (χ3n) is 5.72. The molecule has 4 rings (SSSR count). The summed E-state index contributed by atoms with van der Waals surface area (Å²) in [6.07, 6.45) is 1.43. The van der Waals surface area contributed by atoms with Gasteiger partial charge in [-0.3, -0.25) is 0 Å². The SMILES string of the molecule is COc1ccc(NC(=O)N2C[C@@H]3CC(O)(c4ccccc4)C[C@@H]3C2)cc1. The Morgan fingerprint density at radius 3 is 2.27 bits per heavy atom. The molecule has 2 aromatic carbocycles. The molecule has 0 radical (unpaired) electrons. The summed E-state index contributed by atoms with van der Waals surface area (Å²) in [5.74, 6) is 1.46. The number of methoxy groups -OCH3 is 1. The van der Waals surface area contributed by atoms with Gasteiger partial charge in [0.15, 0.2) is 0 Å². The number of carbonyl (C=O) groups is 1. The molecule has 0 bridgehead atoms. The number of nitrogens with zero attached hydrogens (tertiary/aromatic N) is 1. The fourth-order valence-corrected chi connectivity index (χ4v) is 4.38. The summed E-state index contributed by atoms with van der Waals surface area (Å²) < 4.78 is 5.13. The van der Waals surface area contributed by atoms with E-state index in [2.05, 4.69) is 5.32 Å². The largest absolute Gasteiger partial charge is 0.497 e. The summed E-state index contributed by atoms with van der Waals surface area (Å²) in [6, 6.07) is 17.1. The van der Waals surface area contributed by atoms with Gasteiger partial charge in [-0.05, 0) is 54.5 Å². The van der Waals surface area contributed by atoms with Crippen LogP contribution in [-0.4, -0.2) is 36.2 Å². The molecule has 5 heteroatoms. The summed E-state index contributed by atoms with van der Waals surface area (Å²) in [5.41, 5.74) is 0.993. The Kier molecular flexibility index (Phi) is 4.32. The number of rotatable bonds is 3. The van der Waals surface area contributed by atoms with Crippen LogP contribution in [0.1, 0.15) is 18.4 Å². The van der Waals surface area contributed by atoms with Gasteiger partial charge >= 0.3 is 6.03 Å². The lowest BCUT2D eigenvalue weighted by Gasteiger charge is -2.26. The second-order valence-electron chi connectivity index (χ2n) is 7.39. The summed E-state index contributed by atoms with van der Waals surface area (Å²) in [7, 11) is 1.62. The zero-order valence-electron chi connectivity index (χ0n) is 14.9. The number of ether oxygens (including phenoxy) is 1. The van der Waals surface area contributed by atoms with E-state index in [-0.39, 0.29) is 6.03 Å². The quantitative estimate of drug-likeness (QED) is 0.889. The minimum atomic E-state index is -0.755. The van der Waals surface area contributed by atoms with E-state index < -0.39 is 5.60 Å². The zero-order valence-corrected chi connectivity index (χ0v) is 14.9. The van der Waals surface area contributed by atoms with E-state index >= 15 is 0 Å². The Balaban J connectivity index is 1.37. The molecule has 1 saturated carbocycles. The average Bonchev–Trinajstić information content (AvgIpc) is 3.19. The normalized spacial score (nSPS) is 27.2. The molecule has 2 fully saturated rings. The summed E-state index contributed by atoms with van der Waals surface area (Å²) in [5, 5.41) is 14.0. The van der Waals surface area contributed by atoms with Gasteiger partial charge in [0.1, 0.15) is 5.75 Å². The predicted molar refractivity (Wildman–Crippen MR) is 100 cm³/mol. The Bertz CT molecular complexity index is 762. The van der Waals surface area contributed by atoms with Crippen molar-refractivity contribution in [3.05, 3.63) is 60.2 Å². The highest BCUT2D eigenvalue weighted by atomic mass is 16.5. The van der Waals surface area contributed by atoms with E-state index in [0.29, 0.717) is 37.8 Å². The van der Waals surface area contributed by atoms with Gasteiger partial charge in [0.05, 0.1) is 12.7 Å². The lowest BCUT2D eigenvalue weighted by molar-refractivity contribution is 0.0328. The molecule has 2 aliphatic rings. The topological polar surface area (TPSA) is 61.8 Å². The third-order valence-corrected chi connectivity index (χ3v) is 5.72. The van der Waals surface area contributed by atoms with Crippen molar-refractivity contribution in [2.45, 2.75) is 18.4 Å². The van der Waals surface area contributed by atoms with Crippen molar-refractivity contribution in [3.8, 4) is 5.75 Å². The maximum Gasteiger partial charge on any atom is 0.321 e. The standard InChI is InChI=1S/C21H24N2O3/c1-26-19-9-7-18(8-10-19)22-20(24)23-13-15-11-21(25,12-16(15)14-23)17-5-3-2-4-6-17/h2-10,15-16,25H,11-14H2,1H3,(H,22,24)/t15-,16+,21?. The van der Waals surface area contributed by atoms with E-state index in [4.69, 9.17) is 4.74 Å². The van der Waals surface area contributed by atoms with Gasteiger partial charge in [-0.1, -0.05) is 30.3 Å². The molecular formula is C21H24N2O3. The molecule has 1 aliphatic heterocycles. The summed E-state index contributed by atoms with van der Waals surface area (Å²) in [4.78, 5) is 14.4. The third kappa shape index (κ3) is 3.15. The van der Waals surface area contributed by atoms with Crippen LogP contribution in [0.3, 0.4) is 0 Å². The second-order valence-corrected chi connectivity index (χ2v) is 7.39. The number of hydrogen-bond acceptors (Lipinski definition) is 3. The molecule has 1 saturated heterocycles. The van der Waals surface area contributed by atoms with Crippen LogP contribution in [0.15, 0.2) is 54.6 Å². The Hall–Kier alpha value is -2.53. The van der Waals surface area contributed by atoms with Gasteiger partial charge in [0.25, 0.3) is 0 Å². The molecule has 2 N–H and O–H groups in total. The average molecular weight is 352 g/mol. The molecule has 5 nitrogen and oxygen atoms in total. The van der Waals surface area contributed by atoms with Crippen molar-refractivity contribution in [1.82, 2.24) is 4.90 Å². The molecular weight excluding hydrogens is 328 g/mol. The number of aliphatic hydroxyl groups is 1. The number of carbonyl (C=O) groups excluding carboxylic acids is 1. The van der Waals surface area contributed by atoms with Crippen LogP contribution < -0.4 is 10.1 Å². The molecule has 1 aliphatic carbocycles. The van der Waals surface area contributed by atoms with E-state index in [1.54, 1.807) is 7.11 Å². The first-order valence-corrected chi connectivity index (χ1v) is 9.05. The molecule has 0 spiro atoms. The number of fused-ring (bicyclic) bond motifs is 1. The number of hydrogen-bond donors (Lipinski definition) is 2. The number of nitrogens with one attached hydrogen (secondary N) is 1. The summed E-state index contributed by atoms with van der Waals surface area (Å²) in [6.45, 7) is 1.39. The molecule has 0 aromatic heterocycles. The first-order valence-electron chi connectivity index (χ1n) is 9.05. The molecule has 3 atom stereocenters. The number of urea groups is 1. The van der Waals surface area contributed by atoms with Crippen molar-refractivity contribution in [3.63, 3.8) is 0 Å². The highest BCUT2D eigenvalue weighted by Crippen LogP contribution is 2.48. The minimum Gasteiger partial charge on any atom is -0.497 e. The monoisotopic (exact) mass is 352 g/mol. The van der Waals surface area contributed by atoms with E-state index in [9.17, 15) is 9.90 Å². The van der Waals surface area contributed by atoms with E-state index in [1.807, 2.05) is 59.5 Å². The Labute approximate surface area is 153 Å². The zero-order chi connectivity index (χ0) is 18.1. The number of amides is 2. The number of likely N-dealkylation sites (tertiary alicyclic amines) is 1. The van der Waals surface area contributed by atoms with Crippen LogP contribution in [-0.2, 0) is 5.60 Å². The smallest absolute Gasteiger partial charge is 0.321 e. The first-order chi connectivity index (χ1) is 12.6. The summed E-state index contributed by atoms with van der Waals surface area (Å²) >= 11 is 0. The number of anilines is 1. The molecule has 26 heavy (non-hydrogen) atoms. The van der Waals surface area contributed by atoms with Gasteiger partial charge in [-0.25, -0.2) is 4.79 Å². The van der Waals surface area contributed by atoms with Gasteiger partial charge < -0.3 is 20.1 Å². The Morgan fingerprint density at radius 2 is 1.69 bits per heavy atom. The maximum atomic E-state index is 12.6. The highest BCUT2D eigenvalue weighted by molar-refractivity contribution is 5.89. The van der Waals surface area contributed by atoms with Crippen molar-refractivity contribution in [1.29, 1.82) is 0 Å². The van der Waals surface area contributed by atoms with Crippen molar-refractivity contribution < 1.29 is 14.6 Å². The predicted octanol–water partition coefficient (Wildman–Crippen LogP) is 3.46. The Morgan fingerprint density at radius 1 is 1.08 bits per heavy atom. The highest BCUT2D eigenvalue weighted by Gasteiger charge is 2.49. The van der Waals surface area contributed by atoms with E-state index in [1.165, 1.54) is 0 Å². The molecule has 136 valence electrons. The van der Waals surface area contributed by atoms with Crippen molar-refractivity contribution in [2.75, 3.05) is 25.5 Å². The fraction of sp³-hybridized carbons (Fsp3) is 0.381. The van der Waals surface area contributed by atoms with Crippen molar-refractivity contribution >= 4 is 11.7 Å². The minimum absolute atomic E-state index is 0.0761. The molecule has 2 amide bonds. The molecule has 1 unspecified atom stereocenters. The second kappa shape index (κ2) is 6.65. The van der Waals surface area contributed by atoms with Crippen LogP contribution in [0.5, 0.6) is 5.75 Å². The van der Waals surface area contributed by atoms with Crippen LogP contribution >= 0.6 is 0 Å². The van der Waals surface area contributed by atoms with Gasteiger partial charge in [-0.2, -0.15) is 0 Å². The van der Waals surface area contributed by atoms with Gasteiger partial charge in [0, 0.05) is 18.8 Å². The van der Waals surface area contributed by atoms with Crippen LogP contribution in [0, 0.1) is 11.8 Å².